The lowest BCUT2D eigenvalue weighted by Crippen LogP contribution is -2.28. The van der Waals surface area contributed by atoms with Crippen LogP contribution in [0, 0.1) is 0 Å². The molecule has 4 aromatic rings. The van der Waals surface area contributed by atoms with Crippen LogP contribution in [-0.4, -0.2) is 62.4 Å². The molecule has 3 fully saturated rings. The van der Waals surface area contributed by atoms with E-state index in [4.69, 9.17) is 4.74 Å². The van der Waals surface area contributed by atoms with Gasteiger partial charge in [0.05, 0.1) is 26.9 Å². The molecule has 0 amide bonds. The molecule has 53 heavy (non-hydrogen) atoms. The smallest absolute Gasteiger partial charge is 0.330 e. The molecule has 0 radical (unpaired) electrons. The zero-order chi connectivity index (χ0) is 36.5. The number of rotatable bonds is 10. The number of nitrogens with one attached hydrogen (secondary N) is 1. The Kier molecular flexibility index (Phi) is 17.0. The van der Waals surface area contributed by atoms with Gasteiger partial charge in [-0.1, -0.05) is 109 Å². The normalized spacial score (nSPS) is 19.6. The van der Waals surface area contributed by atoms with Gasteiger partial charge >= 0.3 is 11.9 Å². The first-order chi connectivity index (χ1) is 25.4. The highest BCUT2D eigenvalue weighted by molar-refractivity contribution is 5.87. The molecular weight excluding hydrogens is 688 g/mol. The molecule has 0 bridgehead atoms. The molecule has 8 nitrogen and oxygen atoms in total. The van der Waals surface area contributed by atoms with Gasteiger partial charge in [0.25, 0.3) is 0 Å². The number of nitrogens with zero attached hydrogens (tertiary/aromatic N) is 1. The molecule has 2 N–H and O–H groups in total. The summed E-state index contributed by atoms with van der Waals surface area (Å²) in [5.41, 5.74) is 6.81. The summed E-state index contributed by atoms with van der Waals surface area (Å²) in [4.78, 5) is 24.5. The third kappa shape index (κ3) is 13.4. The van der Waals surface area contributed by atoms with Crippen LogP contribution in [0.1, 0.15) is 83.4 Å². The Labute approximate surface area is 319 Å². The molecule has 0 aromatic heterocycles. The quantitative estimate of drug-likeness (QED) is 0.0954. The highest BCUT2D eigenvalue weighted by Crippen LogP contribution is 2.34. The molecule has 9 heteroatoms. The summed E-state index contributed by atoms with van der Waals surface area (Å²) in [6.07, 6.45) is 11.0. The molecule has 0 spiro atoms. The minimum absolute atomic E-state index is 0. The summed E-state index contributed by atoms with van der Waals surface area (Å²) in [7, 11) is 2.75. The maximum atomic E-state index is 11.2. The number of hydrogen-bond acceptors (Lipinski definition) is 8. The van der Waals surface area contributed by atoms with E-state index in [1.54, 1.807) is 12.2 Å². The second-order valence-electron chi connectivity index (χ2n) is 13.0. The van der Waals surface area contributed by atoms with Crippen LogP contribution >= 0.6 is 12.4 Å². The number of β-amino-alcohol motifs (C(OH)–C–C–N with tert-alkyl or cyclic N) is 1. The lowest BCUT2D eigenvalue weighted by molar-refractivity contribution is -0.135. The number of aliphatic hydroxyl groups is 1. The van der Waals surface area contributed by atoms with Crippen LogP contribution in [0.3, 0.4) is 0 Å². The Balaban J connectivity index is 0.000000198. The number of carbonyl (C=O) groups excluding carboxylic acids is 2. The van der Waals surface area contributed by atoms with E-state index in [1.807, 2.05) is 72.8 Å². The zero-order valence-electron chi connectivity index (χ0n) is 30.5. The van der Waals surface area contributed by atoms with Gasteiger partial charge in [0.15, 0.2) is 0 Å². The molecule has 0 saturated carbocycles. The maximum Gasteiger partial charge on any atom is 0.330 e. The molecule has 0 aliphatic carbocycles. The summed E-state index contributed by atoms with van der Waals surface area (Å²) in [5.74, 6) is -0.683. The number of hydrogen-bond donors (Lipinski definition) is 2. The molecule has 3 heterocycles. The van der Waals surface area contributed by atoms with Crippen molar-refractivity contribution in [2.75, 3.05) is 40.5 Å². The van der Waals surface area contributed by atoms with Crippen molar-refractivity contribution in [3.8, 4) is 0 Å². The summed E-state index contributed by atoms with van der Waals surface area (Å²) in [6.45, 7) is 3.65. The highest BCUT2D eigenvalue weighted by atomic mass is 35.5. The average molecular weight is 739 g/mol. The third-order valence-corrected chi connectivity index (χ3v) is 9.41. The highest BCUT2D eigenvalue weighted by Gasteiger charge is 2.28. The fraction of sp³-hybridized carbons (Fsp3) is 0.318. The second kappa shape index (κ2) is 21.8. The van der Waals surface area contributed by atoms with E-state index in [0.29, 0.717) is 24.7 Å². The molecule has 280 valence electrons. The average Bonchev–Trinajstić information content (AvgIpc) is 3.71. The van der Waals surface area contributed by atoms with E-state index in [9.17, 15) is 14.7 Å². The van der Waals surface area contributed by atoms with Crippen LogP contribution in [0.25, 0.3) is 12.2 Å². The maximum absolute atomic E-state index is 11.2. The Morgan fingerprint density at radius 1 is 0.774 bits per heavy atom. The Morgan fingerprint density at radius 2 is 1.32 bits per heavy atom. The largest absolute Gasteiger partial charge is 0.466 e. The Bertz CT molecular complexity index is 1720. The first-order valence-electron chi connectivity index (χ1n) is 18.0. The lowest BCUT2D eigenvalue weighted by Gasteiger charge is -2.27. The number of halogens is 1. The molecule has 3 aliphatic heterocycles. The fourth-order valence-corrected chi connectivity index (χ4v) is 6.44. The van der Waals surface area contributed by atoms with E-state index in [1.165, 1.54) is 55.9 Å². The number of aliphatic hydroxyl groups excluding tert-OH is 1. The number of likely N-dealkylation sites (tertiary alicyclic amines) is 1. The standard InChI is InChI=1S/C22H25NO3.C14H17NO2.C8H8O.ClH/c1-26-22(25)14-11-17-9-12-18(13-10-17)20-8-5-15-23(20)16-21(24)19-6-3-2-4-7-19;1-17-14(16)9-6-11-4-7-12(8-5-11)13-3-2-10-15-13;1-2-4-7(5-3-1)8-6-9-8;/h2-4,6-7,9-14,20-21,24H,5,8,15-16H2,1H3;4-9,13,15H,2-3,10H2,1H3;1-5,8H,6H2;1H/b14-11+;9-6+;;/t20-,21?;13-;;/m00../s1. The van der Waals surface area contributed by atoms with Gasteiger partial charge in [-0.2, -0.15) is 0 Å². The van der Waals surface area contributed by atoms with E-state index in [-0.39, 0.29) is 24.3 Å². The van der Waals surface area contributed by atoms with Gasteiger partial charge in [-0.3, -0.25) is 4.90 Å². The van der Waals surface area contributed by atoms with Gasteiger partial charge in [0.1, 0.15) is 6.10 Å². The summed E-state index contributed by atoms with van der Waals surface area (Å²) < 4.78 is 14.2. The third-order valence-electron chi connectivity index (χ3n) is 9.41. The first kappa shape index (κ1) is 41.2. The zero-order valence-corrected chi connectivity index (χ0v) is 31.3. The van der Waals surface area contributed by atoms with Crippen molar-refractivity contribution >= 4 is 36.5 Å². The van der Waals surface area contributed by atoms with Crippen LogP contribution < -0.4 is 5.32 Å². The van der Waals surface area contributed by atoms with Crippen LogP contribution in [0.5, 0.6) is 0 Å². The van der Waals surface area contributed by atoms with Gasteiger partial charge in [-0.15, -0.1) is 12.4 Å². The topological polar surface area (TPSA) is 101 Å². The van der Waals surface area contributed by atoms with Gasteiger partial charge in [0.2, 0.25) is 0 Å². The molecule has 4 aromatic carbocycles. The number of carbonyl (C=O) groups is 2. The minimum atomic E-state index is -0.473. The van der Waals surface area contributed by atoms with Gasteiger partial charge in [0, 0.05) is 30.8 Å². The van der Waals surface area contributed by atoms with E-state index >= 15 is 0 Å². The number of ether oxygens (including phenoxy) is 3. The van der Waals surface area contributed by atoms with Gasteiger partial charge in [-0.05, 0) is 84.3 Å². The second-order valence-corrected chi connectivity index (χ2v) is 13.0. The van der Waals surface area contributed by atoms with Crippen molar-refractivity contribution in [2.24, 2.45) is 0 Å². The molecule has 4 atom stereocenters. The predicted molar refractivity (Wildman–Crippen MR) is 212 cm³/mol. The molecular formula is C44H51ClN2O6. The molecule has 2 unspecified atom stereocenters. The minimum Gasteiger partial charge on any atom is -0.466 e. The number of methoxy groups -OCH3 is 2. The monoisotopic (exact) mass is 738 g/mol. The predicted octanol–water partition coefficient (Wildman–Crippen LogP) is 8.22. The van der Waals surface area contributed by atoms with Gasteiger partial charge in [-0.25, -0.2) is 9.59 Å². The van der Waals surface area contributed by atoms with E-state index < -0.39 is 6.10 Å². The lowest BCUT2D eigenvalue weighted by atomic mass is 10.0. The van der Waals surface area contributed by atoms with Crippen LogP contribution in [0.4, 0.5) is 0 Å². The Hall–Kier alpha value is -4.57. The number of epoxide rings is 1. The van der Waals surface area contributed by atoms with E-state index in [2.05, 4.69) is 56.1 Å². The van der Waals surface area contributed by atoms with Crippen molar-refractivity contribution in [1.29, 1.82) is 0 Å². The van der Waals surface area contributed by atoms with Crippen molar-refractivity contribution in [1.82, 2.24) is 10.2 Å². The Morgan fingerprint density at radius 3 is 1.83 bits per heavy atom. The fourth-order valence-electron chi connectivity index (χ4n) is 6.44. The number of esters is 2. The molecule has 3 saturated heterocycles. The van der Waals surface area contributed by atoms with Crippen molar-refractivity contribution in [3.63, 3.8) is 0 Å². The SMILES string of the molecule is COC(=O)/C=C/c1ccc([C@@H]2CCCN2)cc1.COC(=O)/C=C/c1ccc([C@@H]2CCCN2CC(O)c2ccccc2)cc1.Cl.c1ccc(C2CO2)cc1. The molecule has 3 aliphatic rings. The van der Waals surface area contributed by atoms with Crippen LogP contribution in [0.15, 0.2) is 121 Å². The van der Waals surface area contributed by atoms with Crippen molar-refractivity contribution in [3.05, 3.63) is 155 Å². The van der Waals surface area contributed by atoms with Gasteiger partial charge < -0.3 is 24.6 Å². The van der Waals surface area contributed by atoms with Crippen molar-refractivity contribution < 1.29 is 28.9 Å². The van der Waals surface area contributed by atoms with Crippen molar-refractivity contribution in [2.45, 2.75) is 50.0 Å². The first-order valence-corrected chi connectivity index (χ1v) is 18.0. The van der Waals surface area contributed by atoms with Crippen LogP contribution in [-0.2, 0) is 23.8 Å². The van der Waals surface area contributed by atoms with Crippen LogP contribution in [0.2, 0.25) is 0 Å². The number of benzene rings is 4. The molecule has 7 rings (SSSR count). The summed E-state index contributed by atoms with van der Waals surface area (Å²) in [6, 6.07) is 37.4. The summed E-state index contributed by atoms with van der Waals surface area (Å²) >= 11 is 0. The summed E-state index contributed by atoms with van der Waals surface area (Å²) in [5, 5.41) is 14.0. The van der Waals surface area contributed by atoms with E-state index in [0.717, 1.165) is 49.2 Å².